The number of nitrogens with one attached hydrogen (secondary N) is 1. The summed E-state index contributed by atoms with van der Waals surface area (Å²) in [7, 11) is 0. The molecule has 1 saturated heterocycles. The van der Waals surface area contributed by atoms with Crippen molar-refractivity contribution in [2.45, 2.75) is 38.7 Å². The van der Waals surface area contributed by atoms with Gasteiger partial charge in [0.2, 0.25) is 0 Å². The molecule has 0 radical (unpaired) electrons. The number of likely N-dealkylation sites (tertiary alicyclic amines) is 1. The average Bonchev–Trinajstić information content (AvgIpc) is 2.48. The van der Waals surface area contributed by atoms with Crippen LogP contribution in [0.4, 0.5) is 0 Å². The van der Waals surface area contributed by atoms with Gasteiger partial charge < -0.3 is 10.4 Å². The highest BCUT2D eigenvalue weighted by Crippen LogP contribution is 2.24. The molecular formula is C18H30N2O. The highest BCUT2D eigenvalue weighted by molar-refractivity contribution is 5.21. The normalized spacial score (nSPS) is 22.9. The minimum absolute atomic E-state index is 0.719. The van der Waals surface area contributed by atoms with Crippen molar-refractivity contribution in [1.29, 1.82) is 0 Å². The van der Waals surface area contributed by atoms with Crippen LogP contribution in [-0.4, -0.2) is 42.7 Å². The number of piperidine rings is 1. The summed E-state index contributed by atoms with van der Waals surface area (Å²) in [6.45, 7) is 9.28. The maximum Gasteiger partial charge on any atom is 0.0994 e. The molecule has 3 heteroatoms. The molecule has 2 atom stereocenters. The van der Waals surface area contributed by atoms with Gasteiger partial charge >= 0.3 is 0 Å². The van der Waals surface area contributed by atoms with Gasteiger partial charge in [0.05, 0.1) is 5.60 Å². The molecule has 0 amide bonds. The third kappa shape index (κ3) is 5.10. The van der Waals surface area contributed by atoms with E-state index in [0.717, 1.165) is 44.2 Å². The first-order chi connectivity index (χ1) is 10.1. The lowest BCUT2D eigenvalue weighted by Gasteiger charge is -2.37. The highest BCUT2D eigenvalue weighted by atomic mass is 16.3. The molecule has 0 aliphatic carbocycles. The minimum Gasteiger partial charge on any atom is -0.384 e. The molecule has 1 heterocycles. The number of nitrogens with zero attached hydrogens (tertiary/aromatic N) is 1. The second kappa shape index (κ2) is 7.92. The Morgan fingerprint density at radius 3 is 2.81 bits per heavy atom. The van der Waals surface area contributed by atoms with E-state index < -0.39 is 5.60 Å². The van der Waals surface area contributed by atoms with Gasteiger partial charge in [-0.1, -0.05) is 37.3 Å². The van der Waals surface area contributed by atoms with Crippen molar-refractivity contribution in [2.75, 3.05) is 32.7 Å². The van der Waals surface area contributed by atoms with Crippen molar-refractivity contribution in [1.82, 2.24) is 10.2 Å². The molecule has 0 bridgehead atoms. The van der Waals surface area contributed by atoms with Crippen molar-refractivity contribution in [3.8, 4) is 0 Å². The Hall–Kier alpha value is -0.900. The summed E-state index contributed by atoms with van der Waals surface area (Å²) in [6.07, 6.45) is 3.74. The number of rotatable bonds is 7. The smallest absolute Gasteiger partial charge is 0.0994 e. The summed E-state index contributed by atoms with van der Waals surface area (Å²) in [5.41, 5.74) is 0.247. The molecule has 2 unspecified atom stereocenters. The van der Waals surface area contributed by atoms with E-state index >= 15 is 0 Å². The summed E-state index contributed by atoms with van der Waals surface area (Å²) < 4.78 is 0. The van der Waals surface area contributed by atoms with Crippen LogP contribution in [0.25, 0.3) is 0 Å². The topological polar surface area (TPSA) is 35.5 Å². The highest BCUT2D eigenvalue weighted by Gasteiger charge is 2.29. The van der Waals surface area contributed by atoms with Gasteiger partial charge in [0, 0.05) is 13.1 Å². The van der Waals surface area contributed by atoms with Gasteiger partial charge in [0.15, 0.2) is 0 Å². The van der Waals surface area contributed by atoms with E-state index in [2.05, 4.69) is 17.1 Å². The molecule has 3 nitrogen and oxygen atoms in total. The van der Waals surface area contributed by atoms with Crippen molar-refractivity contribution in [3.05, 3.63) is 35.9 Å². The average molecular weight is 290 g/mol. The van der Waals surface area contributed by atoms with E-state index in [1.165, 1.54) is 19.3 Å². The van der Waals surface area contributed by atoms with Crippen molar-refractivity contribution in [3.63, 3.8) is 0 Å². The van der Waals surface area contributed by atoms with Crippen LogP contribution in [-0.2, 0) is 5.60 Å². The van der Waals surface area contributed by atoms with Crippen LogP contribution in [0.3, 0.4) is 0 Å². The number of β-amino-alcohol motifs (C(OH)–C–C–N with tert-alkyl or cyclic N) is 1. The summed E-state index contributed by atoms with van der Waals surface area (Å²) in [5.74, 6) is 0.719. The van der Waals surface area contributed by atoms with Crippen molar-refractivity contribution in [2.24, 2.45) is 5.92 Å². The molecule has 1 fully saturated rings. The Labute approximate surface area is 129 Å². The van der Waals surface area contributed by atoms with E-state index in [9.17, 15) is 5.11 Å². The third-order valence-corrected chi connectivity index (χ3v) is 4.39. The number of benzene rings is 1. The van der Waals surface area contributed by atoms with Gasteiger partial charge in [-0.25, -0.2) is 0 Å². The fourth-order valence-electron chi connectivity index (χ4n) is 3.27. The fraction of sp³-hybridized carbons (Fsp3) is 0.667. The van der Waals surface area contributed by atoms with Crippen LogP contribution in [0, 0.1) is 5.92 Å². The first-order valence-electron chi connectivity index (χ1n) is 8.33. The zero-order valence-electron chi connectivity index (χ0n) is 13.5. The molecule has 2 rings (SSSR count). The lowest BCUT2D eigenvalue weighted by molar-refractivity contribution is 0.00328. The fourth-order valence-corrected chi connectivity index (χ4v) is 3.27. The molecular weight excluding hydrogens is 260 g/mol. The molecule has 1 aliphatic heterocycles. The molecule has 1 aromatic rings. The van der Waals surface area contributed by atoms with Crippen LogP contribution in [0.5, 0.6) is 0 Å². The second-order valence-corrected chi connectivity index (χ2v) is 6.59. The van der Waals surface area contributed by atoms with E-state index in [1.54, 1.807) is 0 Å². The summed E-state index contributed by atoms with van der Waals surface area (Å²) in [6, 6.07) is 10.0. The lowest BCUT2D eigenvalue weighted by atomic mass is 9.92. The Bertz CT molecular complexity index is 405. The van der Waals surface area contributed by atoms with Crippen molar-refractivity contribution >= 4 is 0 Å². The van der Waals surface area contributed by atoms with E-state index in [1.807, 2.05) is 37.3 Å². The monoisotopic (exact) mass is 290 g/mol. The van der Waals surface area contributed by atoms with Crippen LogP contribution in [0.2, 0.25) is 0 Å². The molecule has 0 aromatic heterocycles. The quantitative estimate of drug-likeness (QED) is 0.758. The first kappa shape index (κ1) is 16.5. The first-order valence-corrected chi connectivity index (χ1v) is 8.33. The van der Waals surface area contributed by atoms with E-state index in [4.69, 9.17) is 0 Å². The van der Waals surface area contributed by atoms with Crippen LogP contribution in [0.1, 0.15) is 38.7 Å². The van der Waals surface area contributed by atoms with Gasteiger partial charge in [0.25, 0.3) is 0 Å². The maximum atomic E-state index is 10.8. The summed E-state index contributed by atoms with van der Waals surface area (Å²) in [5, 5.41) is 14.3. The Kier molecular flexibility index (Phi) is 6.22. The lowest BCUT2D eigenvalue weighted by Crippen LogP contribution is -2.45. The van der Waals surface area contributed by atoms with Gasteiger partial charge in [0.1, 0.15) is 0 Å². The molecule has 0 saturated carbocycles. The SMILES string of the molecule is CCCNCC1CCCN(CC(C)(O)c2ccccc2)C1. The standard InChI is InChI=1S/C18H30N2O/c1-3-11-19-13-16-8-7-12-20(14-16)15-18(2,21)17-9-5-4-6-10-17/h4-6,9-10,16,19,21H,3,7-8,11-15H2,1-2H3. The molecule has 2 N–H and O–H groups in total. The van der Waals surface area contributed by atoms with Crippen molar-refractivity contribution < 1.29 is 5.11 Å². The Balaban J connectivity index is 1.87. The van der Waals surface area contributed by atoms with Gasteiger partial charge in [-0.05, 0) is 57.3 Å². The third-order valence-electron chi connectivity index (χ3n) is 4.39. The van der Waals surface area contributed by atoms with Gasteiger partial charge in [-0.3, -0.25) is 4.90 Å². The molecule has 1 aliphatic rings. The predicted molar refractivity (Wildman–Crippen MR) is 88.3 cm³/mol. The number of hydrogen-bond donors (Lipinski definition) is 2. The van der Waals surface area contributed by atoms with E-state index in [0.29, 0.717) is 0 Å². The van der Waals surface area contributed by atoms with E-state index in [-0.39, 0.29) is 0 Å². The zero-order chi connectivity index (χ0) is 15.1. The molecule has 1 aromatic carbocycles. The van der Waals surface area contributed by atoms with Gasteiger partial charge in [-0.15, -0.1) is 0 Å². The number of aliphatic hydroxyl groups is 1. The van der Waals surface area contributed by atoms with Crippen LogP contribution < -0.4 is 5.32 Å². The zero-order valence-corrected chi connectivity index (χ0v) is 13.5. The molecule has 21 heavy (non-hydrogen) atoms. The van der Waals surface area contributed by atoms with Crippen LogP contribution in [0.15, 0.2) is 30.3 Å². The molecule has 0 spiro atoms. The molecule has 118 valence electrons. The maximum absolute atomic E-state index is 10.8. The van der Waals surface area contributed by atoms with Crippen LogP contribution >= 0.6 is 0 Å². The Morgan fingerprint density at radius 2 is 2.10 bits per heavy atom. The summed E-state index contributed by atoms with van der Waals surface area (Å²) >= 11 is 0. The Morgan fingerprint density at radius 1 is 1.33 bits per heavy atom. The van der Waals surface area contributed by atoms with Gasteiger partial charge in [-0.2, -0.15) is 0 Å². The minimum atomic E-state index is -0.764. The number of hydrogen-bond acceptors (Lipinski definition) is 3. The predicted octanol–water partition coefficient (Wildman–Crippen LogP) is 2.61. The summed E-state index contributed by atoms with van der Waals surface area (Å²) in [4.78, 5) is 2.43. The largest absolute Gasteiger partial charge is 0.384 e. The second-order valence-electron chi connectivity index (χ2n) is 6.59.